The van der Waals surface area contributed by atoms with Crippen LogP contribution in [-0.4, -0.2) is 30.1 Å². The lowest BCUT2D eigenvalue weighted by molar-refractivity contribution is 0.265. The Morgan fingerprint density at radius 1 is 1.36 bits per heavy atom. The summed E-state index contributed by atoms with van der Waals surface area (Å²) in [4.78, 5) is 2.25. The Hall–Kier alpha value is -1.02. The van der Waals surface area contributed by atoms with Gasteiger partial charge in [-0.25, -0.2) is 0 Å². The molecule has 0 heterocycles. The molecule has 1 aliphatic rings. The molecule has 0 unspecified atom stereocenters. The predicted octanol–water partition coefficient (Wildman–Crippen LogP) is 1.81. The molecule has 1 aromatic rings. The van der Waals surface area contributed by atoms with E-state index < -0.39 is 0 Å². The average molecular weight is 191 g/mol. The fourth-order valence-electron chi connectivity index (χ4n) is 2.19. The first-order valence-electron chi connectivity index (χ1n) is 5.14. The second-order valence-electron chi connectivity index (χ2n) is 4.28. The van der Waals surface area contributed by atoms with Crippen LogP contribution in [0.3, 0.4) is 0 Å². The maximum Gasteiger partial charge on any atom is 0.119 e. The minimum absolute atomic E-state index is 0.467. The minimum atomic E-state index is 0.467. The van der Waals surface area contributed by atoms with Crippen molar-refractivity contribution in [3.05, 3.63) is 29.3 Å². The summed E-state index contributed by atoms with van der Waals surface area (Å²) in [6, 6.07) is 6.43. The Labute approximate surface area is 85.2 Å². The summed E-state index contributed by atoms with van der Waals surface area (Å²) in [6.45, 7) is 0. The maximum atomic E-state index is 9.74. The van der Waals surface area contributed by atoms with Crippen molar-refractivity contribution in [1.29, 1.82) is 0 Å². The van der Waals surface area contributed by atoms with Gasteiger partial charge in [0.25, 0.3) is 0 Å². The average Bonchev–Trinajstić information content (AvgIpc) is 2.18. The molecule has 0 radical (unpaired) electrons. The van der Waals surface area contributed by atoms with Crippen molar-refractivity contribution in [2.45, 2.75) is 25.3 Å². The number of benzene rings is 1. The van der Waals surface area contributed by atoms with E-state index in [1.807, 2.05) is 6.07 Å². The van der Waals surface area contributed by atoms with Crippen molar-refractivity contribution in [2.24, 2.45) is 0 Å². The predicted molar refractivity (Wildman–Crippen MR) is 57.6 cm³/mol. The molecule has 76 valence electrons. The van der Waals surface area contributed by atoms with Crippen LogP contribution in [0.15, 0.2) is 18.2 Å². The number of aromatic hydroxyl groups is 1. The molecule has 2 rings (SSSR count). The summed E-state index contributed by atoms with van der Waals surface area (Å²) < 4.78 is 0. The first kappa shape index (κ1) is 9.53. The number of fused-ring (bicyclic) bond motifs is 1. The molecule has 1 aliphatic carbocycles. The number of aryl methyl sites for hydroxylation is 1. The van der Waals surface area contributed by atoms with Crippen LogP contribution in [0.4, 0.5) is 0 Å². The number of phenolic OH excluding ortho intramolecular Hbond substituents is 1. The van der Waals surface area contributed by atoms with Gasteiger partial charge >= 0.3 is 0 Å². The fourth-order valence-corrected chi connectivity index (χ4v) is 2.19. The number of nitrogens with zero attached hydrogens (tertiary/aromatic N) is 1. The van der Waals surface area contributed by atoms with Crippen molar-refractivity contribution < 1.29 is 5.11 Å². The van der Waals surface area contributed by atoms with Crippen LogP contribution in [0.25, 0.3) is 0 Å². The lowest BCUT2D eigenvalue weighted by Gasteiger charge is -2.30. The van der Waals surface area contributed by atoms with Crippen molar-refractivity contribution >= 4 is 0 Å². The summed E-state index contributed by atoms with van der Waals surface area (Å²) in [7, 11) is 4.21. The monoisotopic (exact) mass is 191 g/mol. The first-order chi connectivity index (χ1) is 6.68. The van der Waals surface area contributed by atoms with Crippen LogP contribution in [0.1, 0.15) is 17.5 Å². The number of hydrogen-bond acceptors (Lipinski definition) is 2. The van der Waals surface area contributed by atoms with E-state index in [-0.39, 0.29) is 0 Å². The van der Waals surface area contributed by atoms with Crippen LogP contribution in [0.2, 0.25) is 0 Å². The van der Waals surface area contributed by atoms with Gasteiger partial charge in [0.1, 0.15) is 5.75 Å². The quantitative estimate of drug-likeness (QED) is 0.731. The van der Waals surface area contributed by atoms with E-state index in [0.717, 1.165) is 18.4 Å². The first-order valence-corrected chi connectivity index (χ1v) is 5.14. The molecule has 2 heteroatoms. The number of phenols is 1. The van der Waals surface area contributed by atoms with Crippen LogP contribution >= 0.6 is 0 Å². The molecule has 0 saturated heterocycles. The highest BCUT2D eigenvalue weighted by Gasteiger charge is 2.21. The van der Waals surface area contributed by atoms with E-state index in [9.17, 15) is 5.11 Å². The van der Waals surface area contributed by atoms with E-state index in [1.54, 1.807) is 6.07 Å². The molecule has 14 heavy (non-hydrogen) atoms. The van der Waals surface area contributed by atoms with E-state index in [4.69, 9.17) is 0 Å². The van der Waals surface area contributed by atoms with Gasteiger partial charge in [0, 0.05) is 6.04 Å². The second kappa shape index (κ2) is 3.62. The lowest BCUT2D eigenvalue weighted by Crippen LogP contribution is -2.33. The SMILES string of the molecule is CN(C)[C@@H]1CCc2cccc(O)c2C1. The lowest BCUT2D eigenvalue weighted by atomic mass is 9.87. The van der Waals surface area contributed by atoms with Gasteiger partial charge in [-0.15, -0.1) is 0 Å². The van der Waals surface area contributed by atoms with Gasteiger partial charge in [0.2, 0.25) is 0 Å². The van der Waals surface area contributed by atoms with Gasteiger partial charge in [-0.05, 0) is 50.6 Å². The molecule has 1 aromatic carbocycles. The zero-order valence-corrected chi connectivity index (χ0v) is 8.83. The topological polar surface area (TPSA) is 23.5 Å². The number of likely N-dealkylation sites (N-methyl/N-ethyl adjacent to an activating group) is 1. The summed E-state index contributed by atoms with van der Waals surface area (Å²) in [5, 5.41) is 9.74. The van der Waals surface area contributed by atoms with Gasteiger partial charge in [-0.1, -0.05) is 12.1 Å². The highest BCUT2D eigenvalue weighted by atomic mass is 16.3. The zero-order valence-electron chi connectivity index (χ0n) is 8.83. The third-order valence-electron chi connectivity index (χ3n) is 3.17. The summed E-state index contributed by atoms with van der Waals surface area (Å²) in [6.07, 6.45) is 3.27. The summed E-state index contributed by atoms with van der Waals surface area (Å²) in [5.41, 5.74) is 2.47. The van der Waals surface area contributed by atoms with Crippen LogP contribution < -0.4 is 0 Å². The molecule has 2 nitrogen and oxygen atoms in total. The standard InChI is InChI=1S/C12H17NO/c1-13(2)10-7-6-9-4-3-5-12(14)11(9)8-10/h3-5,10,14H,6-8H2,1-2H3/t10-/m1/s1. The van der Waals surface area contributed by atoms with E-state index >= 15 is 0 Å². The van der Waals surface area contributed by atoms with Crippen molar-refractivity contribution in [2.75, 3.05) is 14.1 Å². The number of hydrogen-bond donors (Lipinski definition) is 1. The van der Waals surface area contributed by atoms with Crippen molar-refractivity contribution in [1.82, 2.24) is 4.90 Å². The molecule has 0 aromatic heterocycles. The van der Waals surface area contributed by atoms with Crippen LogP contribution in [0.5, 0.6) is 5.75 Å². The smallest absolute Gasteiger partial charge is 0.119 e. The van der Waals surface area contributed by atoms with Gasteiger partial charge in [-0.3, -0.25) is 0 Å². The normalized spacial score (nSPS) is 20.9. The summed E-state index contributed by atoms with van der Waals surface area (Å²) in [5.74, 6) is 0.467. The minimum Gasteiger partial charge on any atom is -0.508 e. The highest BCUT2D eigenvalue weighted by Crippen LogP contribution is 2.29. The molecular weight excluding hydrogens is 174 g/mol. The van der Waals surface area contributed by atoms with Gasteiger partial charge < -0.3 is 10.0 Å². The van der Waals surface area contributed by atoms with E-state index in [1.165, 1.54) is 12.0 Å². The van der Waals surface area contributed by atoms with Gasteiger partial charge in [0.15, 0.2) is 0 Å². The van der Waals surface area contributed by atoms with Gasteiger partial charge in [-0.2, -0.15) is 0 Å². The van der Waals surface area contributed by atoms with Crippen molar-refractivity contribution in [3.8, 4) is 5.75 Å². The third kappa shape index (κ3) is 1.62. The number of rotatable bonds is 1. The van der Waals surface area contributed by atoms with Crippen molar-refractivity contribution in [3.63, 3.8) is 0 Å². The Bertz CT molecular complexity index is 333. The van der Waals surface area contributed by atoms with E-state index in [0.29, 0.717) is 11.8 Å². The third-order valence-corrected chi connectivity index (χ3v) is 3.17. The Morgan fingerprint density at radius 2 is 2.14 bits per heavy atom. The molecule has 0 fully saturated rings. The fraction of sp³-hybridized carbons (Fsp3) is 0.500. The molecule has 0 spiro atoms. The van der Waals surface area contributed by atoms with Crippen LogP contribution in [-0.2, 0) is 12.8 Å². The Balaban J connectivity index is 2.29. The van der Waals surface area contributed by atoms with Crippen LogP contribution in [0, 0.1) is 0 Å². The molecule has 0 amide bonds. The van der Waals surface area contributed by atoms with E-state index in [2.05, 4.69) is 25.1 Å². The molecular formula is C12H17NO. The Kier molecular flexibility index (Phi) is 2.46. The molecule has 0 aliphatic heterocycles. The second-order valence-corrected chi connectivity index (χ2v) is 4.28. The molecule has 0 bridgehead atoms. The maximum absolute atomic E-state index is 9.74. The largest absolute Gasteiger partial charge is 0.508 e. The summed E-state index contributed by atoms with van der Waals surface area (Å²) >= 11 is 0. The molecule has 1 atom stereocenters. The zero-order chi connectivity index (χ0) is 10.1. The highest BCUT2D eigenvalue weighted by molar-refractivity contribution is 5.41. The Morgan fingerprint density at radius 3 is 2.86 bits per heavy atom. The molecule has 1 N–H and O–H groups in total. The van der Waals surface area contributed by atoms with Gasteiger partial charge in [0.05, 0.1) is 0 Å². The molecule has 0 saturated carbocycles.